The monoisotopic (exact) mass is 509 g/mol. The predicted octanol–water partition coefficient (Wildman–Crippen LogP) is 4.35. The second-order valence-electron chi connectivity index (χ2n) is 8.61. The highest BCUT2D eigenvalue weighted by Gasteiger charge is 2.32. The van der Waals surface area contributed by atoms with Crippen molar-refractivity contribution < 1.29 is 14.4 Å². The molecule has 0 spiro atoms. The number of carbonyl (C=O) groups excluding carboxylic acids is 3. The Bertz CT molecular complexity index is 1800. The van der Waals surface area contributed by atoms with Crippen molar-refractivity contribution in [3.8, 4) is 0 Å². The van der Waals surface area contributed by atoms with Gasteiger partial charge in [-0.3, -0.25) is 19.3 Å². The number of nitrogens with zero attached hydrogens (tertiary/aromatic N) is 4. The van der Waals surface area contributed by atoms with Crippen LogP contribution in [-0.2, 0) is 0 Å². The molecule has 5 aromatic rings. The third-order valence-corrected chi connectivity index (χ3v) is 7.36. The molecular formula is C26H19N7O3S. The van der Waals surface area contributed by atoms with E-state index in [1.807, 2.05) is 25.1 Å². The SMILES string of the molecule is Cc1ccc2c(Nc3ccc4c(c3)C(=O)N(C)C4=O)nccc2c1NC(=O)c1csc2c(N)ncnc12. The van der Waals surface area contributed by atoms with Gasteiger partial charge in [0.15, 0.2) is 0 Å². The molecule has 37 heavy (non-hydrogen) atoms. The minimum atomic E-state index is -0.344. The molecule has 4 N–H and O–H groups in total. The molecular weight excluding hydrogens is 490 g/mol. The highest BCUT2D eigenvalue weighted by Crippen LogP contribution is 2.34. The smallest absolute Gasteiger partial charge is 0.261 e. The molecule has 4 heterocycles. The molecule has 0 radical (unpaired) electrons. The van der Waals surface area contributed by atoms with Crippen LogP contribution >= 0.6 is 11.3 Å². The van der Waals surface area contributed by atoms with Gasteiger partial charge in [-0.1, -0.05) is 12.1 Å². The Balaban J connectivity index is 1.36. The van der Waals surface area contributed by atoms with Crippen LogP contribution < -0.4 is 16.4 Å². The maximum absolute atomic E-state index is 13.3. The van der Waals surface area contributed by atoms with Crippen LogP contribution in [0.3, 0.4) is 0 Å². The number of hydrogen-bond acceptors (Lipinski definition) is 9. The van der Waals surface area contributed by atoms with Crippen LogP contribution in [0.2, 0.25) is 0 Å². The van der Waals surface area contributed by atoms with Crippen LogP contribution in [0.5, 0.6) is 0 Å². The van der Waals surface area contributed by atoms with Crippen molar-refractivity contribution in [3.05, 3.63) is 76.6 Å². The zero-order valence-electron chi connectivity index (χ0n) is 19.7. The molecule has 0 unspecified atom stereocenters. The summed E-state index contributed by atoms with van der Waals surface area (Å²) in [6.07, 6.45) is 2.98. The molecule has 0 atom stereocenters. The molecule has 10 nitrogen and oxygen atoms in total. The predicted molar refractivity (Wildman–Crippen MR) is 142 cm³/mol. The van der Waals surface area contributed by atoms with Crippen LogP contribution in [0.15, 0.2) is 54.3 Å². The summed E-state index contributed by atoms with van der Waals surface area (Å²) < 4.78 is 0.665. The molecule has 2 aromatic carbocycles. The highest BCUT2D eigenvalue weighted by molar-refractivity contribution is 7.18. The number of rotatable bonds is 4. The first kappa shape index (κ1) is 22.6. The zero-order chi connectivity index (χ0) is 25.8. The van der Waals surface area contributed by atoms with Crippen LogP contribution in [0.1, 0.15) is 36.6 Å². The highest BCUT2D eigenvalue weighted by atomic mass is 32.1. The third kappa shape index (κ3) is 3.55. The van der Waals surface area contributed by atoms with Crippen LogP contribution in [0.25, 0.3) is 21.0 Å². The molecule has 0 aliphatic carbocycles. The van der Waals surface area contributed by atoms with Crippen molar-refractivity contribution in [2.75, 3.05) is 23.4 Å². The molecule has 6 rings (SSSR count). The number of fused-ring (bicyclic) bond motifs is 3. The average Bonchev–Trinajstić information content (AvgIpc) is 3.42. The van der Waals surface area contributed by atoms with E-state index in [-0.39, 0.29) is 17.7 Å². The number of imide groups is 1. The van der Waals surface area contributed by atoms with Gasteiger partial charge in [0.05, 0.1) is 32.6 Å². The fraction of sp³-hybridized carbons (Fsp3) is 0.0769. The van der Waals surface area contributed by atoms with Crippen molar-refractivity contribution in [1.82, 2.24) is 19.9 Å². The van der Waals surface area contributed by atoms with E-state index >= 15 is 0 Å². The van der Waals surface area contributed by atoms with Crippen LogP contribution in [0, 0.1) is 6.92 Å². The normalized spacial score (nSPS) is 12.9. The van der Waals surface area contributed by atoms with Crippen molar-refractivity contribution in [3.63, 3.8) is 0 Å². The summed E-state index contributed by atoms with van der Waals surface area (Å²) in [5.74, 6) is -0.0976. The number of anilines is 4. The van der Waals surface area contributed by atoms with E-state index in [2.05, 4.69) is 25.6 Å². The Morgan fingerprint density at radius 3 is 2.65 bits per heavy atom. The number of nitrogens with two attached hydrogens (primary N) is 1. The number of aryl methyl sites for hydroxylation is 1. The van der Waals surface area contributed by atoms with E-state index in [9.17, 15) is 14.4 Å². The lowest BCUT2D eigenvalue weighted by atomic mass is 10.0. The summed E-state index contributed by atoms with van der Waals surface area (Å²) in [6, 6.07) is 10.6. The van der Waals surface area contributed by atoms with Gasteiger partial charge in [-0.2, -0.15) is 0 Å². The van der Waals surface area contributed by atoms with E-state index in [1.54, 1.807) is 29.8 Å². The molecule has 0 saturated heterocycles. The second kappa shape index (κ2) is 8.35. The lowest BCUT2D eigenvalue weighted by Gasteiger charge is -2.15. The number of hydrogen-bond donors (Lipinski definition) is 3. The molecule has 182 valence electrons. The van der Waals surface area contributed by atoms with E-state index in [1.165, 1.54) is 24.7 Å². The van der Waals surface area contributed by atoms with Gasteiger partial charge in [0, 0.05) is 35.1 Å². The summed E-state index contributed by atoms with van der Waals surface area (Å²) in [5, 5.41) is 9.55. The molecule has 1 aliphatic heterocycles. The quantitative estimate of drug-likeness (QED) is 0.303. The van der Waals surface area contributed by atoms with Gasteiger partial charge >= 0.3 is 0 Å². The molecule has 0 fully saturated rings. The number of carbonyl (C=O) groups is 3. The first-order valence-corrected chi connectivity index (χ1v) is 12.1. The maximum Gasteiger partial charge on any atom is 0.261 e. The van der Waals surface area contributed by atoms with E-state index in [0.29, 0.717) is 49.9 Å². The van der Waals surface area contributed by atoms with Gasteiger partial charge in [0.1, 0.15) is 18.0 Å². The van der Waals surface area contributed by atoms with Crippen molar-refractivity contribution in [1.29, 1.82) is 0 Å². The first-order valence-electron chi connectivity index (χ1n) is 11.2. The number of amides is 3. The second-order valence-corrected chi connectivity index (χ2v) is 9.49. The Morgan fingerprint density at radius 2 is 1.81 bits per heavy atom. The van der Waals surface area contributed by atoms with Gasteiger partial charge in [-0.05, 0) is 36.8 Å². The van der Waals surface area contributed by atoms with Gasteiger partial charge in [-0.25, -0.2) is 15.0 Å². The molecule has 1 aliphatic rings. The topological polar surface area (TPSA) is 143 Å². The molecule has 11 heteroatoms. The number of nitrogens with one attached hydrogen (secondary N) is 2. The Hall–Kier alpha value is -4.90. The summed E-state index contributed by atoms with van der Waals surface area (Å²) in [5.41, 5.74) is 9.70. The summed E-state index contributed by atoms with van der Waals surface area (Å²) in [6.45, 7) is 1.91. The lowest BCUT2D eigenvalue weighted by molar-refractivity contribution is 0.0692. The Morgan fingerprint density at radius 1 is 1.00 bits per heavy atom. The molecule has 0 bridgehead atoms. The van der Waals surface area contributed by atoms with Crippen molar-refractivity contribution in [2.24, 2.45) is 0 Å². The molecule has 0 saturated carbocycles. The standard InChI is InChI=1S/C26H19N7O3S/c1-12-3-5-15-14(19(12)32-24(34)18-10-37-21-20(18)29-11-30-22(21)27)7-8-28-23(15)31-13-4-6-16-17(9-13)26(36)33(2)25(16)35/h3-11H,1-2H3,(H,28,31)(H,32,34)(H2,27,29,30). The fourth-order valence-corrected chi connectivity index (χ4v) is 5.32. The maximum atomic E-state index is 13.3. The van der Waals surface area contributed by atoms with Crippen molar-refractivity contribution in [2.45, 2.75) is 6.92 Å². The number of benzene rings is 2. The first-order chi connectivity index (χ1) is 17.8. The minimum absolute atomic E-state index is 0.308. The van der Waals surface area contributed by atoms with Gasteiger partial charge in [-0.15, -0.1) is 11.3 Å². The van der Waals surface area contributed by atoms with E-state index in [4.69, 9.17) is 5.73 Å². The van der Waals surface area contributed by atoms with Gasteiger partial charge < -0.3 is 16.4 Å². The number of pyridine rings is 1. The minimum Gasteiger partial charge on any atom is -0.382 e. The summed E-state index contributed by atoms with van der Waals surface area (Å²) in [4.78, 5) is 51.7. The van der Waals surface area contributed by atoms with E-state index in [0.717, 1.165) is 21.2 Å². The Labute approximate surface area is 214 Å². The average molecular weight is 510 g/mol. The van der Waals surface area contributed by atoms with Crippen LogP contribution in [0.4, 0.5) is 23.0 Å². The van der Waals surface area contributed by atoms with E-state index < -0.39 is 0 Å². The van der Waals surface area contributed by atoms with Gasteiger partial charge in [0.2, 0.25) is 0 Å². The van der Waals surface area contributed by atoms with Gasteiger partial charge in [0.25, 0.3) is 17.7 Å². The lowest BCUT2D eigenvalue weighted by Crippen LogP contribution is -2.24. The summed E-state index contributed by atoms with van der Waals surface area (Å²) >= 11 is 1.32. The molecule has 3 amide bonds. The largest absolute Gasteiger partial charge is 0.382 e. The van der Waals surface area contributed by atoms with Crippen molar-refractivity contribution >= 4 is 73.1 Å². The zero-order valence-corrected chi connectivity index (χ0v) is 20.5. The molecule has 3 aromatic heterocycles. The number of thiophene rings is 1. The number of nitrogen functional groups attached to an aromatic ring is 1. The summed E-state index contributed by atoms with van der Waals surface area (Å²) in [7, 11) is 1.46. The third-order valence-electron chi connectivity index (χ3n) is 6.37. The van der Waals surface area contributed by atoms with Crippen LogP contribution in [-0.4, -0.2) is 44.6 Å². The Kier molecular flexibility index (Phi) is 5.09. The number of aromatic nitrogens is 3. The fourth-order valence-electron chi connectivity index (χ4n) is 4.42.